The number of aromatic nitrogens is 2. The van der Waals surface area contributed by atoms with Gasteiger partial charge in [0.15, 0.2) is 17.8 Å². The molecule has 0 aliphatic carbocycles. The normalized spacial score (nSPS) is 11.1. The van der Waals surface area contributed by atoms with Crippen molar-refractivity contribution in [3.8, 4) is 17.2 Å². The molecule has 4 rings (SSSR count). The Balaban J connectivity index is 1.33. The summed E-state index contributed by atoms with van der Waals surface area (Å²) in [4.78, 5) is 20.9. The van der Waals surface area contributed by atoms with Crippen LogP contribution in [0.5, 0.6) is 5.75 Å². The Kier molecular flexibility index (Phi) is 5.98. The summed E-state index contributed by atoms with van der Waals surface area (Å²) >= 11 is 0. The second kappa shape index (κ2) is 9.00. The number of hydrogen-bond donors (Lipinski definition) is 1. The molecule has 4 aromatic rings. The number of benzene rings is 2. The minimum atomic E-state index is -0.162. The smallest absolute Gasteiger partial charge is 0.258 e. The first-order chi connectivity index (χ1) is 15.0. The third-order valence-electron chi connectivity index (χ3n) is 5.01. The van der Waals surface area contributed by atoms with Gasteiger partial charge in [-0.3, -0.25) is 4.79 Å². The highest BCUT2D eigenvalue weighted by Gasteiger charge is 2.11. The highest BCUT2D eigenvalue weighted by Crippen LogP contribution is 2.27. The van der Waals surface area contributed by atoms with Crippen molar-refractivity contribution in [2.45, 2.75) is 33.2 Å². The zero-order chi connectivity index (χ0) is 21.8. The van der Waals surface area contributed by atoms with E-state index in [0.29, 0.717) is 29.6 Å². The van der Waals surface area contributed by atoms with Gasteiger partial charge in [0.2, 0.25) is 5.89 Å². The Hall–Kier alpha value is -3.67. The van der Waals surface area contributed by atoms with E-state index in [1.165, 1.54) is 0 Å². The number of pyridine rings is 1. The zero-order valence-electron chi connectivity index (χ0n) is 17.9. The predicted molar refractivity (Wildman–Crippen MR) is 120 cm³/mol. The van der Waals surface area contributed by atoms with Gasteiger partial charge in [0.05, 0.1) is 0 Å². The highest BCUT2D eigenvalue weighted by atomic mass is 16.5. The summed E-state index contributed by atoms with van der Waals surface area (Å²) in [5.41, 5.74) is 5.28. The molecule has 0 aliphatic heterocycles. The van der Waals surface area contributed by atoms with Gasteiger partial charge in [-0.05, 0) is 59.9 Å². The summed E-state index contributed by atoms with van der Waals surface area (Å²) in [6.07, 6.45) is 1.69. The van der Waals surface area contributed by atoms with Crippen LogP contribution < -0.4 is 10.1 Å². The molecule has 0 spiro atoms. The van der Waals surface area contributed by atoms with Crippen molar-refractivity contribution in [2.75, 3.05) is 6.61 Å². The van der Waals surface area contributed by atoms with Crippen LogP contribution in [0.1, 0.15) is 36.5 Å². The number of carbonyl (C=O) groups excluding carboxylic acids is 1. The molecule has 0 fully saturated rings. The number of carbonyl (C=O) groups is 1. The van der Waals surface area contributed by atoms with E-state index < -0.39 is 0 Å². The summed E-state index contributed by atoms with van der Waals surface area (Å²) in [6.45, 7) is 6.63. The van der Waals surface area contributed by atoms with E-state index in [2.05, 4.69) is 41.3 Å². The molecule has 2 heterocycles. The van der Waals surface area contributed by atoms with Crippen molar-refractivity contribution in [3.63, 3.8) is 0 Å². The molecule has 0 aliphatic rings. The maximum Gasteiger partial charge on any atom is 0.258 e. The van der Waals surface area contributed by atoms with Crippen LogP contribution in [-0.2, 0) is 11.3 Å². The monoisotopic (exact) mass is 415 g/mol. The lowest BCUT2D eigenvalue weighted by Gasteiger charge is -2.15. The number of aryl methyl sites for hydroxylation is 1. The fourth-order valence-corrected chi connectivity index (χ4v) is 3.30. The molecule has 6 heteroatoms. The van der Waals surface area contributed by atoms with Crippen molar-refractivity contribution in [1.82, 2.24) is 15.3 Å². The van der Waals surface area contributed by atoms with E-state index in [4.69, 9.17) is 9.15 Å². The van der Waals surface area contributed by atoms with E-state index >= 15 is 0 Å². The van der Waals surface area contributed by atoms with Crippen molar-refractivity contribution in [2.24, 2.45) is 0 Å². The zero-order valence-corrected chi connectivity index (χ0v) is 17.9. The van der Waals surface area contributed by atoms with Crippen LogP contribution in [0.3, 0.4) is 0 Å². The van der Waals surface area contributed by atoms with E-state index in [0.717, 1.165) is 28.0 Å². The van der Waals surface area contributed by atoms with Gasteiger partial charge >= 0.3 is 0 Å². The van der Waals surface area contributed by atoms with Gasteiger partial charge in [0.25, 0.3) is 5.91 Å². The quantitative estimate of drug-likeness (QED) is 0.459. The first-order valence-corrected chi connectivity index (χ1v) is 10.3. The third kappa shape index (κ3) is 4.91. The number of oxazole rings is 1. The number of ether oxygens (including phenoxy) is 1. The molecule has 0 saturated heterocycles. The van der Waals surface area contributed by atoms with Gasteiger partial charge in [-0.1, -0.05) is 38.1 Å². The molecule has 1 N–H and O–H groups in total. The van der Waals surface area contributed by atoms with Crippen LogP contribution in [0.25, 0.3) is 22.7 Å². The SMILES string of the molecule is Cc1ccc(C(C)C)c(OCC(=O)NCc2ccc(-c3nc4ncccc4o3)cc2)c1. The van der Waals surface area contributed by atoms with Crippen molar-refractivity contribution in [1.29, 1.82) is 0 Å². The maximum absolute atomic E-state index is 12.3. The van der Waals surface area contributed by atoms with Crippen molar-refractivity contribution in [3.05, 3.63) is 77.5 Å². The number of amides is 1. The average Bonchev–Trinajstić information content (AvgIpc) is 3.21. The molecule has 1 amide bonds. The van der Waals surface area contributed by atoms with Crippen LogP contribution in [0.2, 0.25) is 0 Å². The lowest BCUT2D eigenvalue weighted by molar-refractivity contribution is -0.123. The summed E-state index contributed by atoms with van der Waals surface area (Å²) in [5, 5.41) is 2.90. The Morgan fingerprint density at radius 1 is 1.13 bits per heavy atom. The summed E-state index contributed by atoms with van der Waals surface area (Å²) < 4.78 is 11.5. The first-order valence-electron chi connectivity index (χ1n) is 10.3. The number of hydrogen-bond acceptors (Lipinski definition) is 5. The number of nitrogens with one attached hydrogen (secondary N) is 1. The van der Waals surface area contributed by atoms with E-state index in [9.17, 15) is 4.79 Å². The predicted octanol–water partition coefficient (Wildman–Crippen LogP) is 5.02. The minimum Gasteiger partial charge on any atom is -0.483 e. The van der Waals surface area contributed by atoms with Gasteiger partial charge in [-0.15, -0.1) is 0 Å². The second-order valence-corrected chi connectivity index (χ2v) is 7.80. The summed E-state index contributed by atoms with van der Waals surface area (Å²) in [5.74, 6) is 1.46. The van der Waals surface area contributed by atoms with Crippen molar-refractivity contribution < 1.29 is 13.9 Å². The van der Waals surface area contributed by atoms with Crippen LogP contribution in [0.15, 0.2) is 65.2 Å². The molecule has 31 heavy (non-hydrogen) atoms. The van der Waals surface area contributed by atoms with Crippen LogP contribution in [0.4, 0.5) is 0 Å². The van der Waals surface area contributed by atoms with Gasteiger partial charge in [-0.2, -0.15) is 4.98 Å². The topological polar surface area (TPSA) is 77.2 Å². The fraction of sp³-hybridized carbons (Fsp3) is 0.240. The molecule has 2 aromatic carbocycles. The largest absolute Gasteiger partial charge is 0.483 e. The molecule has 2 aromatic heterocycles. The van der Waals surface area contributed by atoms with Crippen LogP contribution in [0, 0.1) is 6.92 Å². The average molecular weight is 415 g/mol. The number of nitrogens with zero attached hydrogens (tertiary/aromatic N) is 2. The lowest BCUT2D eigenvalue weighted by Crippen LogP contribution is -2.28. The van der Waals surface area contributed by atoms with Crippen LogP contribution in [-0.4, -0.2) is 22.5 Å². The Morgan fingerprint density at radius 2 is 1.94 bits per heavy atom. The first kappa shape index (κ1) is 20.6. The third-order valence-corrected chi connectivity index (χ3v) is 5.01. The molecule has 6 nitrogen and oxygen atoms in total. The molecule has 0 radical (unpaired) electrons. The minimum absolute atomic E-state index is 0.0167. The molecular weight excluding hydrogens is 390 g/mol. The molecule has 158 valence electrons. The Bertz CT molecular complexity index is 1160. The molecule has 0 bridgehead atoms. The fourth-order valence-electron chi connectivity index (χ4n) is 3.30. The van der Waals surface area contributed by atoms with Gasteiger partial charge in [0.1, 0.15) is 5.75 Å². The second-order valence-electron chi connectivity index (χ2n) is 7.80. The standard InChI is InChI=1S/C25H25N3O3/c1-16(2)20-11-6-17(3)13-22(20)30-15-23(29)27-14-18-7-9-19(10-8-18)25-28-24-21(31-25)5-4-12-26-24/h4-13,16H,14-15H2,1-3H3,(H,27,29). The summed E-state index contributed by atoms with van der Waals surface area (Å²) in [6, 6.07) is 17.5. The highest BCUT2D eigenvalue weighted by molar-refractivity contribution is 5.77. The number of fused-ring (bicyclic) bond motifs is 1. The molecule has 0 atom stereocenters. The van der Waals surface area contributed by atoms with Gasteiger partial charge in [0, 0.05) is 18.3 Å². The Morgan fingerprint density at radius 3 is 2.68 bits per heavy atom. The molecule has 0 saturated carbocycles. The van der Waals surface area contributed by atoms with Gasteiger partial charge < -0.3 is 14.5 Å². The van der Waals surface area contributed by atoms with Gasteiger partial charge in [-0.25, -0.2) is 4.98 Å². The number of rotatable bonds is 7. The van der Waals surface area contributed by atoms with E-state index in [1.54, 1.807) is 6.20 Å². The van der Waals surface area contributed by atoms with E-state index in [1.807, 2.05) is 49.4 Å². The van der Waals surface area contributed by atoms with E-state index in [-0.39, 0.29) is 12.5 Å². The van der Waals surface area contributed by atoms with Crippen LogP contribution >= 0.6 is 0 Å². The lowest BCUT2D eigenvalue weighted by atomic mass is 10.0. The van der Waals surface area contributed by atoms with Crippen molar-refractivity contribution >= 4 is 17.1 Å². The Labute approximate surface area is 181 Å². The molecule has 0 unspecified atom stereocenters. The maximum atomic E-state index is 12.3. The summed E-state index contributed by atoms with van der Waals surface area (Å²) in [7, 11) is 0. The molecular formula is C25H25N3O3.